The van der Waals surface area contributed by atoms with E-state index >= 15 is 0 Å². The Kier molecular flexibility index (Phi) is 4.47. The summed E-state index contributed by atoms with van der Waals surface area (Å²) in [6.45, 7) is 2.06. The maximum atomic E-state index is 12.7. The molecule has 2 aliphatic rings. The molecule has 2 heterocycles. The lowest BCUT2D eigenvalue weighted by molar-refractivity contribution is -0.116. The van der Waals surface area contributed by atoms with Gasteiger partial charge in [0.25, 0.3) is 0 Å². The zero-order chi connectivity index (χ0) is 18.8. The van der Waals surface area contributed by atoms with Gasteiger partial charge in [-0.2, -0.15) is 5.26 Å². The highest BCUT2D eigenvalue weighted by Crippen LogP contribution is 2.36. The van der Waals surface area contributed by atoms with Gasteiger partial charge >= 0.3 is 0 Å². The van der Waals surface area contributed by atoms with Crippen LogP contribution in [-0.4, -0.2) is 17.6 Å². The second-order valence-corrected chi connectivity index (χ2v) is 6.60. The van der Waals surface area contributed by atoms with Gasteiger partial charge in [0.05, 0.1) is 6.07 Å². The molecule has 0 amide bonds. The zero-order valence-electron chi connectivity index (χ0n) is 14.9. The minimum Gasteiger partial charge on any atom is -0.454 e. The molecule has 1 aliphatic heterocycles. The molecule has 0 spiro atoms. The van der Waals surface area contributed by atoms with Gasteiger partial charge in [0.1, 0.15) is 5.92 Å². The number of hydrogen-bond donors (Lipinski definition) is 0. The first kappa shape index (κ1) is 17.0. The van der Waals surface area contributed by atoms with Gasteiger partial charge in [0, 0.05) is 12.4 Å². The van der Waals surface area contributed by atoms with E-state index in [0.717, 1.165) is 40.2 Å². The Bertz CT molecular complexity index is 1000. The van der Waals surface area contributed by atoms with E-state index in [1.807, 2.05) is 43.3 Å². The first-order valence-corrected chi connectivity index (χ1v) is 8.81. The number of carbonyl (C=O) groups excluding carboxylic acids is 1. The Hall–Kier alpha value is -3.39. The SMILES string of the molecule is CC1=C(CCc2ccc3c(c2)OCO3)C=C(c2ccncc2)C(C#N)C1=O. The molecule has 0 N–H and O–H groups in total. The number of pyridine rings is 1. The molecule has 134 valence electrons. The lowest BCUT2D eigenvalue weighted by Crippen LogP contribution is -2.21. The molecule has 4 rings (SSSR count). The fourth-order valence-electron chi connectivity index (χ4n) is 3.45. The molecule has 2 aromatic rings. The highest BCUT2D eigenvalue weighted by atomic mass is 16.7. The Labute approximate surface area is 157 Å². The second kappa shape index (κ2) is 7.08. The molecule has 1 atom stereocenters. The van der Waals surface area contributed by atoms with E-state index in [9.17, 15) is 10.1 Å². The molecule has 1 aromatic carbocycles. The standard InChI is InChI=1S/C22H18N2O3/c1-14-17(4-2-15-3-5-20-21(10-15)27-13-26-20)11-18(19(12-23)22(14)25)16-6-8-24-9-7-16/h3,5-11,19H,2,4,13H2,1H3. The van der Waals surface area contributed by atoms with Crippen molar-refractivity contribution in [3.8, 4) is 17.6 Å². The third kappa shape index (κ3) is 3.22. The molecule has 1 unspecified atom stereocenters. The number of rotatable bonds is 4. The van der Waals surface area contributed by atoms with E-state index in [-0.39, 0.29) is 12.6 Å². The highest BCUT2D eigenvalue weighted by Gasteiger charge is 2.30. The van der Waals surface area contributed by atoms with Crippen LogP contribution in [0.3, 0.4) is 0 Å². The molecule has 1 aromatic heterocycles. The number of fused-ring (bicyclic) bond motifs is 1. The number of benzene rings is 1. The first-order chi connectivity index (χ1) is 13.2. The van der Waals surface area contributed by atoms with Crippen LogP contribution in [0.2, 0.25) is 0 Å². The van der Waals surface area contributed by atoms with Crippen LogP contribution in [0.15, 0.2) is 59.9 Å². The van der Waals surface area contributed by atoms with E-state index in [1.54, 1.807) is 12.4 Å². The van der Waals surface area contributed by atoms with E-state index in [2.05, 4.69) is 11.1 Å². The van der Waals surface area contributed by atoms with Crippen LogP contribution in [0, 0.1) is 17.2 Å². The number of hydrogen-bond acceptors (Lipinski definition) is 5. The van der Waals surface area contributed by atoms with Gasteiger partial charge in [-0.15, -0.1) is 0 Å². The van der Waals surface area contributed by atoms with Crippen LogP contribution < -0.4 is 9.47 Å². The van der Waals surface area contributed by atoms with Crippen molar-refractivity contribution in [2.45, 2.75) is 19.8 Å². The number of ketones is 1. The Morgan fingerprint density at radius 1 is 1.15 bits per heavy atom. The summed E-state index contributed by atoms with van der Waals surface area (Å²) in [5, 5.41) is 9.52. The number of Topliss-reactive ketones (excluding diaryl/α,β-unsaturated/α-hetero) is 1. The van der Waals surface area contributed by atoms with Crippen LogP contribution in [-0.2, 0) is 11.2 Å². The lowest BCUT2D eigenvalue weighted by atomic mass is 9.79. The first-order valence-electron chi connectivity index (χ1n) is 8.81. The summed E-state index contributed by atoms with van der Waals surface area (Å²) < 4.78 is 10.8. The number of aromatic nitrogens is 1. The predicted molar refractivity (Wildman–Crippen MR) is 99.9 cm³/mol. The summed E-state index contributed by atoms with van der Waals surface area (Å²) in [7, 11) is 0. The smallest absolute Gasteiger partial charge is 0.231 e. The Balaban J connectivity index is 1.61. The third-order valence-electron chi connectivity index (χ3n) is 5.02. The topological polar surface area (TPSA) is 72.2 Å². The quantitative estimate of drug-likeness (QED) is 0.830. The molecule has 0 radical (unpaired) electrons. The fourth-order valence-corrected chi connectivity index (χ4v) is 3.45. The van der Waals surface area contributed by atoms with Gasteiger partial charge in [0.15, 0.2) is 17.3 Å². The normalized spacial score (nSPS) is 18.3. The summed E-state index contributed by atoms with van der Waals surface area (Å²) in [5.41, 5.74) is 4.36. The van der Waals surface area contributed by atoms with Gasteiger partial charge < -0.3 is 9.47 Å². The van der Waals surface area contributed by atoms with Crippen molar-refractivity contribution in [1.82, 2.24) is 4.98 Å². The zero-order valence-corrected chi connectivity index (χ0v) is 14.9. The minimum absolute atomic E-state index is 0.118. The fraction of sp³-hybridized carbons (Fsp3) is 0.227. The van der Waals surface area contributed by atoms with Crippen LogP contribution >= 0.6 is 0 Å². The molecule has 0 fully saturated rings. The van der Waals surface area contributed by atoms with Crippen molar-refractivity contribution in [2.75, 3.05) is 6.79 Å². The van der Waals surface area contributed by atoms with E-state index < -0.39 is 5.92 Å². The van der Waals surface area contributed by atoms with Crippen molar-refractivity contribution >= 4 is 11.4 Å². The van der Waals surface area contributed by atoms with Gasteiger partial charge in [-0.05, 0) is 71.9 Å². The van der Waals surface area contributed by atoms with Crippen molar-refractivity contribution in [1.29, 1.82) is 5.26 Å². The summed E-state index contributed by atoms with van der Waals surface area (Å²) in [4.78, 5) is 16.8. The third-order valence-corrected chi connectivity index (χ3v) is 5.02. The number of carbonyl (C=O) groups is 1. The molecule has 5 nitrogen and oxygen atoms in total. The number of nitrogens with zero attached hydrogens (tertiary/aromatic N) is 2. The molecule has 5 heteroatoms. The molecule has 0 saturated carbocycles. The van der Waals surface area contributed by atoms with Crippen LogP contribution in [0.25, 0.3) is 5.57 Å². The lowest BCUT2D eigenvalue weighted by Gasteiger charge is -2.21. The minimum atomic E-state index is -0.762. The van der Waals surface area contributed by atoms with Crippen molar-refractivity contribution in [3.05, 3.63) is 71.1 Å². The van der Waals surface area contributed by atoms with Crippen LogP contribution in [0.1, 0.15) is 24.5 Å². The van der Waals surface area contributed by atoms with E-state index in [1.165, 1.54) is 0 Å². The Morgan fingerprint density at radius 2 is 1.93 bits per heavy atom. The van der Waals surface area contributed by atoms with Crippen molar-refractivity contribution in [3.63, 3.8) is 0 Å². The average Bonchev–Trinajstić information content (AvgIpc) is 3.17. The van der Waals surface area contributed by atoms with E-state index in [4.69, 9.17) is 9.47 Å². The maximum absolute atomic E-state index is 12.7. The molecular weight excluding hydrogens is 340 g/mol. The van der Waals surface area contributed by atoms with Crippen molar-refractivity contribution < 1.29 is 14.3 Å². The number of nitriles is 1. The van der Waals surface area contributed by atoms with Crippen LogP contribution in [0.5, 0.6) is 11.5 Å². The summed E-state index contributed by atoms with van der Waals surface area (Å²) in [6, 6.07) is 11.7. The largest absolute Gasteiger partial charge is 0.454 e. The molecule has 1 aliphatic carbocycles. The van der Waals surface area contributed by atoms with Crippen molar-refractivity contribution in [2.24, 2.45) is 5.92 Å². The van der Waals surface area contributed by atoms with Gasteiger partial charge in [-0.25, -0.2) is 0 Å². The van der Waals surface area contributed by atoms with Crippen LogP contribution in [0.4, 0.5) is 0 Å². The molecule has 0 bridgehead atoms. The number of allylic oxidation sites excluding steroid dienone is 4. The Morgan fingerprint density at radius 3 is 2.70 bits per heavy atom. The predicted octanol–water partition coefficient (Wildman–Crippen LogP) is 3.87. The molecular formula is C22H18N2O3. The maximum Gasteiger partial charge on any atom is 0.231 e. The monoisotopic (exact) mass is 358 g/mol. The van der Waals surface area contributed by atoms with Gasteiger partial charge in [-0.3, -0.25) is 9.78 Å². The summed E-state index contributed by atoms with van der Waals surface area (Å²) in [6.07, 6.45) is 6.82. The molecule has 0 saturated heterocycles. The van der Waals surface area contributed by atoms with Gasteiger partial charge in [-0.1, -0.05) is 12.1 Å². The second-order valence-electron chi connectivity index (χ2n) is 6.60. The summed E-state index contributed by atoms with van der Waals surface area (Å²) in [5.74, 6) is 0.642. The highest BCUT2D eigenvalue weighted by molar-refractivity contribution is 6.09. The summed E-state index contributed by atoms with van der Waals surface area (Å²) >= 11 is 0. The number of aryl methyl sites for hydroxylation is 1. The van der Waals surface area contributed by atoms with Gasteiger partial charge in [0.2, 0.25) is 6.79 Å². The number of ether oxygens (including phenoxy) is 2. The van der Waals surface area contributed by atoms with E-state index in [0.29, 0.717) is 12.0 Å². The molecule has 27 heavy (non-hydrogen) atoms. The average molecular weight is 358 g/mol.